The van der Waals surface area contributed by atoms with Crippen molar-refractivity contribution in [1.82, 2.24) is 4.90 Å². The van der Waals surface area contributed by atoms with Crippen molar-refractivity contribution < 1.29 is 18.0 Å². The second kappa shape index (κ2) is 9.32. The molecular weight excluding hydrogens is 426 g/mol. The number of para-hydroxylation sites is 1. The molecule has 170 valence electrons. The number of carbonyl (C=O) groups excluding carboxylic acids is 2. The molecule has 1 saturated heterocycles. The number of nitrogens with one attached hydrogen (secondary N) is 1. The van der Waals surface area contributed by atoms with E-state index < -0.39 is 10.0 Å². The fraction of sp³-hybridized carbons (Fsp3) is 0.417. The Balaban J connectivity index is 1.58. The molecule has 0 radical (unpaired) electrons. The smallest absolute Gasteiger partial charge is 0.261 e. The first-order valence-corrected chi connectivity index (χ1v) is 12.7. The highest BCUT2D eigenvalue weighted by molar-refractivity contribution is 7.92. The van der Waals surface area contributed by atoms with Gasteiger partial charge in [0.15, 0.2) is 0 Å². The molecule has 0 aliphatic carbocycles. The van der Waals surface area contributed by atoms with Crippen LogP contribution >= 0.6 is 0 Å². The summed E-state index contributed by atoms with van der Waals surface area (Å²) in [7, 11) is -3.90. The number of sulfonamides is 1. The van der Waals surface area contributed by atoms with Crippen molar-refractivity contribution in [3.8, 4) is 0 Å². The Labute approximate surface area is 189 Å². The van der Waals surface area contributed by atoms with Gasteiger partial charge >= 0.3 is 0 Å². The third kappa shape index (κ3) is 4.50. The fourth-order valence-corrected chi connectivity index (χ4v) is 5.53. The van der Waals surface area contributed by atoms with Gasteiger partial charge in [-0.05, 0) is 55.2 Å². The molecule has 0 unspecified atom stereocenters. The third-order valence-corrected chi connectivity index (χ3v) is 7.52. The molecule has 0 bridgehead atoms. The predicted molar refractivity (Wildman–Crippen MR) is 124 cm³/mol. The molecule has 2 heterocycles. The lowest BCUT2D eigenvalue weighted by molar-refractivity contribution is -0.118. The van der Waals surface area contributed by atoms with E-state index >= 15 is 0 Å². The van der Waals surface area contributed by atoms with Crippen LogP contribution in [0, 0.1) is 0 Å². The zero-order valence-electron chi connectivity index (χ0n) is 18.3. The highest BCUT2D eigenvalue weighted by atomic mass is 32.2. The summed E-state index contributed by atoms with van der Waals surface area (Å²) in [6, 6.07) is 11.6. The summed E-state index contributed by atoms with van der Waals surface area (Å²) < 4.78 is 28.9. The van der Waals surface area contributed by atoms with Crippen molar-refractivity contribution in [3.63, 3.8) is 0 Å². The maximum Gasteiger partial charge on any atom is 0.261 e. The minimum absolute atomic E-state index is 0.0263. The number of amides is 2. The molecule has 8 heteroatoms. The lowest BCUT2D eigenvalue weighted by Gasteiger charge is -2.22. The topological polar surface area (TPSA) is 86.8 Å². The number of nitrogens with zero attached hydrogens (tertiary/aromatic N) is 2. The van der Waals surface area contributed by atoms with E-state index in [0.29, 0.717) is 38.0 Å². The molecule has 2 amide bonds. The van der Waals surface area contributed by atoms with Crippen LogP contribution in [0.1, 0.15) is 54.9 Å². The van der Waals surface area contributed by atoms with Gasteiger partial charge in [-0.2, -0.15) is 0 Å². The summed E-state index contributed by atoms with van der Waals surface area (Å²) in [5, 5.41) is 0. The van der Waals surface area contributed by atoms with E-state index in [2.05, 4.69) is 4.72 Å². The van der Waals surface area contributed by atoms with Crippen molar-refractivity contribution in [2.75, 3.05) is 29.3 Å². The Hall–Kier alpha value is -2.87. The standard InChI is InChI=1S/C24H29N3O4S/c1-2-23(28)27-16-13-18-17-19(11-12-22(18)27)32(30,31)25-21-10-6-5-9-20(21)24(29)26-14-7-3-4-8-15-26/h5-6,9-12,17,25H,2-4,7-8,13-16H2,1H3. The maximum absolute atomic E-state index is 13.2. The molecular formula is C24H29N3O4S. The zero-order chi connectivity index (χ0) is 22.7. The SMILES string of the molecule is CCC(=O)N1CCc2cc(S(=O)(=O)Nc3ccccc3C(=O)N3CCCCCC3)ccc21. The summed E-state index contributed by atoms with van der Waals surface area (Å²) in [6.45, 7) is 3.76. The van der Waals surface area contributed by atoms with Crippen molar-refractivity contribution in [2.45, 2.75) is 50.3 Å². The molecule has 0 spiro atoms. The quantitative estimate of drug-likeness (QED) is 0.743. The molecule has 0 aromatic heterocycles. The van der Waals surface area contributed by atoms with Crippen LogP contribution < -0.4 is 9.62 Å². The molecule has 2 aliphatic rings. The van der Waals surface area contributed by atoms with Crippen LogP contribution in [0.3, 0.4) is 0 Å². The minimum Gasteiger partial charge on any atom is -0.339 e. The van der Waals surface area contributed by atoms with Gasteiger partial charge in [-0.3, -0.25) is 14.3 Å². The minimum atomic E-state index is -3.90. The van der Waals surface area contributed by atoms with Crippen LogP contribution in [0.2, 0.25) is 0 Å². The van der Waals surface area contributed by atoms with Gasteiger partial charge in [0.1, 0.15) is 0 Å². The summed E-state index contributed by atoms with van der Waals surface area (Å²) in [5.41, 5.74) is 2.25. The first-order valence-electron chi connectivity index (χ1n) is 11.2. The molecule has 2 aliphatic heterocycles. The normalized spacial score (nSPS) is 16.4. The molecule has 1 fully saturated rings. The number of benzene rings is 2. The molecule has 1 N–H and O–H groups in total. The van der Waals surface area contributed by atoms with Crippen molar-refractivity contribution >= 4 is 33.2 Å². The average Bonchev–Trinajstić information content (AvgIpc) is 3.03. The Bertz CT molecular complexity index is 1120. The molecule has 7 nitrogen and oxygen atoms in total. The van der Waals surface area contributed by atoms with Crippen LogP contribution in [0.25, 0.3) is 0 Å². The van der Waals surface area contributed by atoms with Crippen molar-refractivity contribution in [2.24, 2.45) is 0 Å². The summed E-state index contributed by atoms with van der Waals surface area (Å²) in [4.78, 5) is 28.9. The predicted octanol–water partition coefficient (Wildman–Crippen LogP) is 3.80. The average molecular weight is 456 g/mol. The van der Waals surface area contributed by atoms with Gasteiger partial charge in [0.25, 0.3) is 15.9 Å². The monoisotopic (exact) mass is 455 g/mol. The van der Waals surface area contributed by atoms with Crippen LogP contribution in [-0.2, 0) is 21.2 Å². The molecule has 32 heavy (non-hydrogen) atoms. The van der Waals surface area contributed by atoms with E-state index in [1.54, 1.807) is 41.3 Å². The van der Waals surface area contributed by atoms with E-state index in [4.69, 9.17) is 0 Å². The maximum atomic E-state index is 13.2. The van der Waals surface area contributed by atoms with Gasteiger partial charge in [-0.25, -0.2) is 8.42 Å². The highest BCUT2D eigenvalue weighted by Gasteiger charge is 2.27. The second-order valence-corrected chi connectivity index (χ2v) is 9.98. The van der Waals surface area contributed by atoms with Gasteiger partial charge in [-0.1, -0.05) is 31.9 Å². The van der Waals surface area contributed by atoms with Crippen LogP contribution in [0.15, 0.2) is 47.4 Å². The van der Waals surface area contributed by atoms with Gasteiger partial charge in [-0.15, -0.1) is 0 Å². The zero-order valence-corrected chi connectivity index (χ0v) is 19.2. The van der Waals surface area contributed by atoms with Crippen LogP contribution in [0.5, 0.6) is 0 Å². The third-order valence-electron chi connectivity index (χ3n) is 6.16. The second-order valence-electron chi connectivity index (χ2n) is 8.30. The number of rotatable bonds is 5. The van der Waals surface area contributed by atoms with Crippen LogP contribution in [-0.4, -0.2) is 44.8 Å². The van der Waals surface area contributed by atoms with Crippen LogP contribution in [0.4, 0.5) is 11.4 Å². The van der Waals surface area contributed by atoms with Crippen molar-refractivity contribution in [1.29, 1.82) is 0 Å². The summed E-state index contributed by atoms with van der Waals surface area (Å²) >= 11 is 0. The number of hydrogen-bond donors (Lipinski definition) is 1. The number of hydrogen-bond acceptors (Lipinski definition) is 4. The molecule has 0 atom stereocenters. The van der Waals surface area contributed by atoms with Gasteiger partial charge in [0.05, 0.1) is 16.1 Å². The van der Waals surface area contributed by atoms with Gasteiger partial charge in [0.2, 0.25) is 5.91 Å². The van der Waals surface area contributed by atoms with E-state index in [-0.39, 0.29) is 22.4 Å². The fourth-order valence-electron chi connectivity index (χ4n) is 4.40. The number of carbonyl (C=O) groups is 2. The van der Waals surface area contributed by atoms with E-state index in [0.717, 1.165) is 36.9 Å². The first-order chi connectivity index (χ1) is 15.4. The molecule has 2 aromatic rings. The molecule has 2 aromatic carbocycles. The lowest BCUT2D eigenvalue weighted by Crippen LogP contribution is -2.32. The Morgan fingerprint density at radius 1 is 0.969 bits per heavy atom. The van der Waals surface area contributed by atoms with E-state index in [1.807, 2.05) is 11.8 Å². The Morgan fingerprint density at radius 2 is 1.69 bits per heavy atom. The first kappa shape index (κ1) is 22.3. The Kier molecular flexibility index (Phi) is 6.50. The van der Waals surface area contributed by atoms with E-state index in [1.165, 1.54) is 6.07 Å². The lowest BCUT2D eigenvalue weighted by atomic mass is 10.1. The summed E-state index contributed by atoms with van der Waals surface area (Å²) in [5.74, 6) is -0.119. The van der Waals surface area contributed by atoms with E-state index in [9.17, 15) is 18.0 Å². The Morgan fingerprint density at radius 3 is 2.41 bits per heavy atom. The molecule has 0 saturated carbocycles. The van der Waals surface area contributed by atoms with Gasteiger partial charge < -0.3 is 9.80 Å². The molecule has 4 rings (SSSR count). The van der Waals surface area contributed by atoms with Crippen molar-refractivity contribution in [3.05, 3.63) is 53.6 Å². The number of anilines is 2. The summed E-state index contributed by atoms with van der Waals surface area (Å²) in [6.07, 6.45) is 5.17. The number of likely N-dealkylation sites (tertiary alicyclic amines) is 1. The number of fused-ring (bicyclic) bond motifs is 1. The largest absolute Gasteiger partial charge is 0.339 e. The highest BCUT2D eigenvalue weighted by Crippen LogP contribution is 2.31. The van der Waals surface area contributed by atoms with Gasteiger partial charge in [0, 0.05) is 31.7 Å².